The molecule has 1 aromatic rings. The van der Waals surface area contributed by atoms with Crippen molar-refractivity contribution in [1.29, 1.82) is 0 Å². The van der Waals surface area contributed by atoms with Gasteiger partial charge in [-0.3, -0.25) is 4.79 Å². The fraction of sp³-hybridized carbons (Fsp3) is 0.462. The average molecular weight is 271 g/mol. The number of para-hydroxylation sites is 1. The first-order valence-corrected chi connectivity index (χ1v) is 6.23. The molecule has 1 atom stereocenters. The second-order valence-electron chi connectivity index (χ2n) is 4.47. The van der Waals surface area contributed by atoms with Gasteiger partial charge in [0, 0.05) is 20.5 Å². The molecule has 0 aromatic heterocycles. The highest BCUT2D eigenvalue weighted by Crippen LogP contribution is 2.32. The number of rotatable bonds is 5. The molecule has 1 rings (SSSR count). The van der Waals surface area contributed by atoms with Crippen LogP contribution in [0.1, 0.15) is 19.8 Å². The van der Waals surface area contributed by atoms with Crippen molar-refractivity contribution in [3.8, 4) is 0 Å². The Balaban J connectivity index is 2.78. The molecule has 2 N–H and O–H groups in total. The minimum absolute atomic E-state index is 0.124. The molecule has 100 valence electrons. The predicted octanol–water partition coefficient (Wildman–Crippen LogP) is 2.51. The standard InChI is InChI=1S/C13H19ClN2O2/c1-9(17)7-8-12(18)15-11-6-4-5-10(14)13(11)16(2)3/h4-6,9,17H,7-8H2,1-3H3,(H,15,18). The first kappa shape index (κ1) is 14.8. The lowest BCUT2D eigenvalue weighted by molar-refractivity contribution is -0.116. The maximum atomic E-state index is 11.7. The fourth-order valence-corrected chi connectivity index (χ4v) is 1.97. The van der Waals surface area contributed by atoms with Crippen molar-refractivity contribution in [2.24, 2.45) is 0 Å². The zero-order chi connectivity index (χ0) is 13.7. The van der Waals surface area contributed by atoms with Crippen LogP contribution in [-0.2, 0) is 4.79 Å². The van der Waals surface area contributed by atoms with Gasteiger partial charge in [-0.25, -0.2) is 0 Å². The molecule has 0 heterocycles. The first-order valence-electron chi connectivity index (χ1n) is 5.85. The van der Waals surface area contributed by atoms with Gasteiger partial charge in [0.1, 0.15) is 0 Å². The van der Waals surface area contributed by atoms with Gasteiger partial charge in [0.15, 0.2) is 0 Å². The van der Waals surface area contributed by atoms with Crippen LogP contribution < -0.4 is 10.2 Å². The molecule has 0 aliphatic rings. The quantitative estimate of drug-likeness (QED) is 0.864. The van der Waals surface area contributed by atoms with Crippen LogP contribution in [-0.4, -0.2) is 31.2 Å². The van der Waals surface area contributed by atoms with Crippen molar-refractivity contribution >= 4 is 28.9 Å². The van der Waals surface area contributed by atoms with E-state index in [1.165, 1.54) is 0 Å². The Hall–Kier alpha value is -1.26. The number of halogens is 1. The van der Waals surface area contributed by atoms with E-state index in [4.69, 9.17) is 16.7 Å². The van der Waals surface area contributed by atoms with Gasteiger partial charge in [0.25, 0.3) is 0 Å². The van der Waals surface area contributed by atoms with Crippen molar-refractivity contribution in [2.45, 2.75) is 25.9 Å². The Morgan fingerprint density at radius 3 is 2.72 bits per heavy atom. The summed E-state index contributed by atoms with van der Waals surface area (Å²) in [5.74, 6) is -0.124. The molecular weight excluding hydrogens is 252 g/mol. The highest BCUT2D eigenvalue weighted by Gasteiger charge is 2.12. The number of carbonyl (C=O) groups is 1. The predicted molar refractivity (Wildman–Crippen MR) is 75.3 cm³/mol. The average Bonchev–Trinajstić information content (AvgIpc) is 2.26. The van der Waals surface area contributed by atoms with Gasteiger partial charge < -0.3 is 15.3 Å². The van der Waals surface area contributed by atoms with Crippen LogP contribution in [0.3, 0.4) is 0 Å². The zero-order valence-electron chi connectivity index (χ0n) is 10.9. The van der Waals surface area contributed by atoms with Crippen molar-refractivity contribution in [2.75, 3.05) is 24.3 Å². The number of carbonyl (C=O) groups excluding carboxylic acids is 1. The molecule has 1 aromatic carbocycles. The topological polar surface area (TPSA) is 52.6 Å². The minimum atomic E-state index is -0.469. The van der Waals surface area contributed by atoms with Gasteiger partial charge in [-0.2, -0.15) is 0 Å². The van der Waals surface area contributed by atoms with Crippen LogP contribution in [0, 0.1) is 0 Å². The smallest absolute Gasteiger partial charge is 0.224 e. The third-order valence-corrected chi connectivity index (χ3v) is 2.80. The summed E-state index contributed by atoms with van der Waals surface area (Å²) in [6.45, 7) is 1.66. The van der Waals surface area contributed by atoms with E-state index >= 15 is 0 Å². The maximum absolute atomic E-state index is 11.7. The van der Waals surface area contributed by atoms with Gasteiger partial charge in [-0.15, -0.1) is 0 Å². The number of hydrogen-bond acceptors (Lipinski definition) is 3. The number of anilines is 2. The lowest BCUT2D eigenvalue weighted by Crippen LogP contribution is -2.18. The number of hydrogen-bond donors (Lipinski definition) is 2. The number of amides is 1. The second kappa shape index (κ2) is 6.61. The largest absolute Gasteiger partial charge is 0.393 e. The molecule has 4 nitrogen and oxygen atoms in total. The molecule has 0 aliphatic carbocycles. The van der Waals surface area contributed by atoms with Gasteiger partial charge in [0.05, 0.1) is 22.5 Å². The molecule has 0 saturated heterocycles. The lowest BCUT2D eigenvalue weighted by Gasteiger charge is -2.19. The summed E-state index contributed by atoms with van der Waals surface area (Å²) in [5, 5.41) is 12.5. The van der Waals surface area contributed by atoms with Crippen LogP contribution in [0.25, 0.3) is 0 Å². The Kier molecular flexibility index (Phi) is 5.44. The molecule has 5 heteroatoms. The molecular formula is C13H19ClN2O2. The third-order valence-electron chi connectivity index (χ3n) is 2.50. The summed E-state index contributed by atoms with van der Waals surface area (Å²) in [5.41, 5.74) is 1.47. The Morgan fingerprint density at radius 1 is 1.50 bits per heavy atom. The zero-order valence-corrected chi connectivity index (χ0v) is 11.7. The Bertz CT molecular complexity index is 419. The molecule has 0 fully saturated rings. The SMILES string of the molecule is CC(O)CCC(=O)Nc1cccc(Cl)c1N(C)C. The number of aliphatic hydroxyl groups excluding tert-OH is 1. The monoisotopic (exact) mass is 270 g/mol. The summed E-state index contributed by atoms with van der Waals surface area (Å²) < 4.78 is 0. The summed E-state index contributed by atoms with van der Waals surface area (Å²) in [6, 6.07) is 5.38. The lowest BCUT2D eigenvalue weighted by atomic mass is 10.2. The Morgan fingerprint density at radius 2 is 2.17 bits per heavy atom. The normalized spacial score (nSPS) is 12.1. The molecule has 0 saturated carbocycles. The fourth-order valence-electron chi connectivity index (χ4n) is 1.62. The van der Waals surface area contributed by atoms with Crippen molar-refractivity contribution < 1.29 is 9.90 Å². The van der Waals surface area contributed by atoms with Crippen LogP contribution in [0.2, 0.25) is 5.02 Å². The summed E-state index contributed by atoms with van der Waals surface area (Å²) in [4.78, 5) is 13.6. The molecule has 0 aliphatic heterocycles. The van der Waals surface area contributed by atoms with Crippen molar-refractivity contribution in [3.63, 3.8) is 0 Å². The highest BCUT2D eigenvalue weighted by molar-refractivity contribution is 6.34. The number of nitrogens with zero attached hydrogens (tertiary/aromatic N) is 1. The molecule has 0 bridgehead atoms. The number of nitrogens with one attached hydrogen (secondary N) is 1. The van der Waals surface area contributed by atoms with E-state index in [1.54, 1.807) is 19.1 Å². The maximum Gasteiger partial charge on any atom is 0.224 e. The molecule has 1 unspecified atom stereocenters. The third kappa shape index (κ3) is 4.20. The Labute approximate surface area is 113 Å². The second-order valence-corrected chi connectivity index (χ2v) is 4.87. The van der Waals surface area contributed by atoms with Crippen molar-refractivity contribution in [3.05, 3.63) is 23.2 Å². The van der Waals surface area contributed by atoms with Gasteiger partial charge in [-0.1, -0.05) is 17.7 Å². The van der Waals surface area contributed by atoms with E-state index in [0.717, 1.165) is 5.69 Å². The summed E-state index contributed by atoms with van der Waals surface area (Å²) >= 11 is 6.10. The van der Waals surface area contributed by atoms with Crippen LogP contribution in [0.4, 0.5) is 11.4 Å². The van der Waals surface area contributed by atoms with E-state index in [-0.39, 0.29) is 12.3 Å². The van der Waals surface area contributed by atoms with E-state index in [0.29, 0.717) is 17.1 Å². The van der Waals surface area contributed by atoms with E-state index < -0.39 is 6.10 Å². The van der Waals surface area contributed by atoms with E-state index in [1.807, 2.05) is 25.1 Å². The van der Waals surface area contributed by atoms with Crippen LogP contribution in [0.5, 0.6) is 0 Å². The number of aliphatic hydroxyl groups is 1. The van der Waals surface area contributed by atoms with E-state index in [9.17, 15) is 4.79 Å². The highest BCUT2D eigenvalue weighted by atomic mass is 35.5. The van der Waals surface area contributed by atoms with Gasteiger partial charge in [0.2, 0.25) is 5.91 Å². The number of benzene rings is 1. The molecule has 18 heavy (non-hydrogen) atoms. The van der Waals surface area contributed by atoms with Gasteiger partial charge in [-0.05, 0) is 25.5 Å². The molecule has 0 spiro atoms. The van der Waals surface area contributed by atoms with Crippen LogP contribution in [0.15, 0.2) is 18.2 Å². The van der Waals surface area contributed by atoms with E-state index in [2.05, 4.69) is 5.32 Å². The summed E-state index contributed by atoms with van der Waals surface area (Å²) in [6.07, 6.45) is 0.268. The van der Waals surface area contributed by atoms with Crippen molar-refractivity contribution in [1.82, 2.24) is 0 Å². The molecule has 0 radical (unpaired) electrons. The minimum Gasteiger partial charge on any atom is -0.393 e. The van der Waals surface area contributed by atoms with Crippen LogP contribution >= 0.6 is 11.6 Å². The van der Waals surface area contributed by atoms with Gasteiger partial charge >= 0.3 is 0 Å². The first-order chi connectivity index (χ1) is 8.41. The summed E-state index contributed by atoms with van der Waals surface area (Å²) in [7, 11) is 3.74. The molecule has 1 amide bonds.